The molecule has 0 amide bonds. The molecule has 4 nitrogen and oxygen atoms in total. The third-order valence-electron chi connectivity index (χ3n) is 6.23. The molecule has 29 heavy (non-hydrogen) atoms. The van der Waals surface area contributed by atoms with Crippen LogP contribution in [0.1, 0.15) is 48.4 Å². The second-order valence-electron chi connectivity index (χ2n) is 8.81. The summed E-state index contributed by atoms with van der Waals surface area (Å²) < 4.78 is 5.50. The van der Waals surface area contributed by atoms with Gasteiger partial charge in [0.25, 0.3) is 0 Å². The van der Waals surface area contributed by atoms with Crippen molar-refractivity contribution in [3.8, 4) is 0 Å². The lowest BCUT2D eigenvalue weighted by Gasteiger charge is -2.14. The molecule has 3 N–H and O–H groups in total. The zero-order valence-corrected chi connectivity index (χ0v) is 17.7. The quantitative estimate of drug-likeness (QED) is 0.632. The molecule has 152 valence electrons. The number of rotatable bonds is 6. The third kappa shape index (κ3) is 4.60. The van der Waals surface area contributed by atoms with Crippen LogP contribution in [0, 0.1) is 6.92 Å². The minimum absolute atomic E-state index is 0.250. The van der Waals surface area contributed by atoms with E-state index >= 15 is 0 Å². The van der Waals surface area contributed by atoms with Gasteiger partial charge in [-0.1, -0.05) is 44.2 Å². The summed E-state index contributed by atoms with van der Waals surface area (Å²) in [7, 11) is 0. The van der Waals surface area contributed by atoms with Crippen LogP contribution in [0.15, 0.2) is 57.7 Å². The summed E-state index contributed by atoms with van der Waals surface area (Å²) in [5.74, 6) is 0.452. The van der Waals surface area contributed by atoms with Crippen molar-refractivity contribution in [2.75, 3.05) is 13.1 Å². The molecule has 2 heterocycles. The zero-order valence-electron chi connectivity index (χ0n) is 17.7. The Labute approximate surface area is 172 Å². The van der Waals surface area contributed by atoms with Crippen LogP contribution < -0.4 is 15.8 Å². The van der Waals surface area contributed by atoms with Gasteiger partial charge < -0.3 is 14.6 Å². The number of quaternary nitrogens is 2. The summed E-state index contributed by atoms with van der Waals surface area (Å²) in [6.45, 7) is 10.8. The normalized spacial score (nSPS) is 19.3. The molecule has 1 aliphatic heterocycles. The highest BCUT2D eigenvalue weighted by molar-refractivity contribution is 5.82. The third-order valence-corrected chi connectivity index (χ3v) is 6.23. The van der Waals surface area contributed by atoms with Gasteiger partial charge in [-0.15, -0.1) is 0 Å². The largest absolute Gasteiger partial charge is 0.423 e. The number of hydrogen-bond acceptors (Lipinski definition) is 2. The van der Waals surface area contributed by atoms with Crippen molar-refractivity contribution < 1.29 is 14.6 Å². The molecule has 0 bridgehead atoms. The lowest BCUT2D eigenvalue weighted by Crippen LogP contribution is -3.10. The molecular formula is C25H32N2O2+2. The Hall–Kier alpha value is -2.43. The smallest absolute Gasteiger partial charge is 0.336 e. The average Bonchev–Trinajstić information content (AvgIpc) is 3.13. The predicted molar refractivity (Wildman–Crippen MR) is 116 cm³/mol. The van der Waals surface area contributed by atoms with Crippen molar-refractivity contribution in [1.29, 1.82) is 0 Å². The minimum Gasteiger partial charge on any atom is -0.423 e. The zero-order chi connectivity index (χ0) is 20.4. The fourth-order valence-electron chi connectivity index (χ4n) is 4.69. The van der Waals surface area contributed by atoms with Gasteiger partial charge in [0.1, 0.15) is 31.3 Å². The molecule has 3 aromatic rings. The van der Waals surface area contributed by atoms with Crippen LogP contribution in [0.2, 0.25) is 0 Å². The van der Waals surface area contributed by atoms with E-state index in [-0.39, 0.29) is 5.63 Å². The molecule has 0 radical (unpaired) electrons. The first-order chi connectivity index (χ1) is 14.0. The van der Waals surface area contributed by atoms with E-state index < -0.39 is 0 Å². The van der Waals surface area contributed by atoms with E-state index in [9.17, 15) is 4.79 Å². The molecule has 0 spiro atoms. The van der Waals surface area contributed by atoms with Crippen molar-refractivity contribution in [1.82, 2.24) is 0 Å². The van der Waals surface area contributed by atoms with E-state index in [1.807, 2.05) is 6.07 Å². The first-order valence-electron chi connectivity index (χ1n) is 10.8. The molecule has 1 fully saturated rings. The molecule has 2 aromatic carbocycles. The molecule has 1 aliphatic rings. The Morgan fingerprint density at radius 2 is 1.97 bits per heavy atom. The monoisotopic (exact) mass is 392 g/mol. The Morgan fingerprint density at radius 3 is 2.72 bits per heavy atom. The molecule has 1 aromatic heterocycles. The Bertz CT molecular complexity index is 1040. The van der Waals surface area contributed by atoms with Crippen LogP contribution in [0.25, 0.3) is 11.0 Å². The van der Waals surface area contributed by atoms with Crippen LogP contribution in [0.4, 0.5) is 0 Å². The molecule has 4 heteroatoms. The van der Waals surface area contributed by atoms with Gasteiger partial charge in [0.05, 0.1) is 13.0 Å². The maximum atomic E-state index is 12.1. The van der Waals surface area contributed by atoms with Crippen LogP contribution in [0.3, 0.4) is 0 Å². The number of hydrogen-bond donors (Lipinski definition) is 2. The Kier molecular flexibility index (Phi) is 5.84. The second-order valence-corrected chi connectivity index (χ2v) is 8.81. The molecule has 0 saturated carbocycles. The van der Waals surface area contributed by atoms with Crippen molar-refractivity contribution in [3.63, 3.8) is 0 Å². The highest BCUT2D eigenvalue weighted by Crippen LogP contribution is 2.26. The lowest BCUT2D eigenvalue weighted by molar-refractivity contribution is -0.911. The second kappa shape index (κ2) is 8.52. The molecule has 4 rings (SSSR count). The summed E-state index contributed by atoms with van der Waals surface area (Å²) >= 11 is 0. The van der Waals surface area contributed by atoms with Gasteiger partial charge in [-0.05, 0) is 36.1 Å². The topological polar surface area (TPSA) is 51.3 Å². The van der Waals surface area contributed by atoms with Gasteiger partial charge in [-0.25, -0.2) is 4.79 Å². The average molecular weight is 393 g/mol. The van der Waals surface area contributed by atoms with Crippen molar-refractivity contribution in [3.05, 3.63) is 81.2 Å². The number of likely N-dealkylation sites (tertiary alicyclic amines) is 1. The summed E-state index contributed by atoms with van der Waals surface area (Å²) in [6, 6.07) is 17.3. The van der Waals surface area contributed by atoms with Gasteiger partial charge in [-0.3, -0.25) is 0 Å². The molecule has 1 saturated heterocycles. The van der Waals surface area contributed by atoms with E-state index in [0.29, 0.717) is 17.5 Å². The van der Waals surface area contributed by atoms with Crippen molar-refractivity contribution >= 4 is 11.0 Å². The maximum Gasteiger partial charge on any atom is 0.336 e. The molecule has 2 atom stereocenters. The van der Waals surface area contributed by atoms with Crippen LogP contribution in [0.5, 0.6) is 0 Å². The summed E-state index contributed by atoms with van der Waals surface area (Å²) in [5, 5.41) is 3.50. The predicted octanol–water partition coefficient (Wildman–Crippen LogP) is 2.15. The standard InChI is InChI=1S/C25H30N2O2/c1-17(2)22-13-23-20(12-25(28)29-24(23)11-18(22)3)14-26-21-9-10-27(16-21)15-19-7-5-4-6-8-19/h4-8,11-13,17,21,26H,9-10,14-16H2,1-3H3/p+2/t21-/m0/s1. The van der Waals surface area contributed by atoms with E-state index in [1.165, 1.54) is 36.2 Å². The first kappa shape index (κ1) is 19.9. The van der Waals surface area contributed by atoms with Crippen LogP contribution in [-0.4, -0.2) is 19.1 Å². The molecule has 1 unspecified atom stereocenters. The van der Waals surface area contributed by atoms with E-state index in [4.69, 9.17) is 4.42 Å². The van der Waals surface area contributed by atoms with Crippen molar-refractivity contribution in [2.45, 2.75) is 52.2 Å². The fourth-order valence-corrected chi connectivity index (χ4v) is 4.69. The lowest BCUT2D eigenvalue weighted by atomic mass is 9.95. The van der Waals surface area contributed by atoms with E-state index in [1.54, 1.807) is 11.0 Å². The highest BCUT2D eigenvalue weighted by Gasteiger charge is 2.29. The number of fused-ring (bicyclic) bond motifs is 1. The molecule has 0 aliphatic carbocycles. The summed E-state index contributed by atoms with van der Waals surface area (Å²) in [5.41, 5.74) is 5.48. The van der Waals surface area contributed by atoms with Crippen LogP contribution in [-0.2, 0) is 13.1 Å². The number of aryl methyl sites for hydroxylation is 1. The Morgan fingerprint density at radius 1 is 1.17 bits per heavy atom. The Balaban J connectivity index is 1.47. The van der Waals surface area contributed by atoms with Crippen LogP contribution >= 0.6 is 0 Å². The summed E-state index contributed by atoms with van der Waals surface area (Å²) in [4.78, 5) is 13.7. The number of nitrogens with two attached hydrogens (primary N) is 1. The fraction of sp³-hybridized carbons (Fsp3) is 0.400. The van der Waals surface area contributed by atoms with Gasteiger partial charge in [-0.2, -0.15) is 0 Å². The van der Waals surface area contributed by atoms with Gasteiger partial charge in [0, 0.05) is 22.6 Å². The number of nitrogens with one attached hydrogen (secondary N) is 1. The van der Waals surface area contributed by atoms with Gasteiger partial charge in [0.15, 0.2) is 0 Å². The van der Waals surface area contributed by atoms with E-state index in [2.05, 4.69) is 62.5 Å². The molecular weight excluding hydrogens is 360 g/mol. The number of benzene rings is 2. The minimum atomic E-state index is -0.250. The van der Waals surface area contributed by atoms with Gasteiger partial charge >= 0.3 is 5.63 Å². The van der Waals surface area contributed by atoms with Crippen molar-refractivity contribution in [2.24, 2.45) is 0 Å². The SMILES string of the molecule is Cc1cc2oc(=O)cc(C[NH2+][C@H]3CC[NH+](Cc4ccccc4)C3)c2cc1C(C)C. The summed E-state index contributed by atoms with van der Waals surface area (Å²) in [6.07, 6.45) is 1.22. The first-order valence-corrected chi connectivity index (χ1v) is 10.8. The highest BCUT2D eigenvalue weighted by atomic mass is 16.4. The van der Waals surface area contributed by atoms with Gasteiger partial charge in [0.2, 0.25) is 0 Å². The maximum absolute atomic E-state index is 12.1. The van der Waals surface area contributed by atoms with E-state index in [0.717, 1.165) is 24.0 Å².